The van der Waals surface area contributed by atoms with Crippen LogP contribution in [0.1, 0.15) is 10.4 Å². The molecule has 0 radical (unpaired) electrons. The largest absolute Gasteiger partial charge is 0.481 e. The number of aromatic carboxylic acids is 1. The average molecular weight is 291 g/mol. The molecular formula is C12H9N3O6. The Labute approximate surface area is 117 Å². The maximum atomic E-state index is 10.9. The number of benzene rings is 1. The highest BCUT2D eigenvalue weighted by atomic mass is 16.6. The molecule has 108 valence electrons. The molecule has 1 aromatic heterocycles. The van der Waals surface area contributed by atoms with E-state index in [-0.39, 0.29) is 23.2 Å². The van der Waals surface area contributed by atoms with Gasteiger partial charge in [-0.1, -0.05) is 0 Å². The SMILES string of the molecule is COc1ccnc(Oc2cc(C(=O)O)ccc2[N+](=O)[O-])n1. The van der Waals surface area contributed by atoms with Gasteiger partial charge in [0.15, 0.2) is 0 Å². The van der Waals surface area contributed by atoms with Crippen LogP contribution in [-0.4, -0.2) is 33.1 Å². The summed E-state index contributed by atoms with van der Waals surface area (Å²) >= 11 is 0. The number of rotatable bonds is 5. The topological polar surface area (TPSA) is 125 Å². The number of hydrogen-bond acceptors (Lipinski definition) is 7. The second kappa shape index (κ2) is 5.82. The van der Waals surface area contributed by atoms with Crippen LogP contribution < -0.4 is 9.47 Å². The molecule has 1 aromatic carbocycles. The fourth-order valence-electron chi connectivity index (χ4n) is 1.47. The van der Waals surface area contributed by atoms with Gasteiger partial charge in [0.2, 0.25) is 11.6 Å². The average Bonchev–Trinajstić information content (AvgIpc) is 2.47. The molecule has 0 saturated heterocycles. The summed E-state index contributed by atoms with van der Waals surface area (Å²) in [5, 5.41) is 19.8. The maximum Gasteiger partial charge on any atom is 0.335 e. The molecule has 2 aromatic rings. The van der Waals surface area contributed by atoms with Crippen molar-refractivity contribution in [2.75, 3.05) is 7.11 Å². The quantitative estimate of drug-likeness (QED) is 0.653. The van der Waals surface area contributed by atoms with E-state index in [0.717, 1.165) is 18.2 Å². The van der Waals surface area contributed by atoms with Gasteiger partial charge in [-0.3, -0.25) is 10.1 Å². The molecule has 2 rings (SSSR count). The molecule has 0 saturated carbocycles. The molecule has 1 heterocycles. The maximum absolute atomic E-state index is 10.9. The Balaban J connectivity index is 2.42. The summed E-state index contributed by atoms with van der Waals surface area (Å²) < 4.78 is 10.1. The minimum absolute atomic E-state index is 0.154. The predicted molar refractivity (Wildman–Crippen MR) is 68.7 cm³/mol. The highest BCUT2D eigenvalue weighted by Crippen LogP contribution is 2.31. The predicted octanol–water partition coefficient (Wildman–Crippen LogP) is 1.88. The van der Waals surface area contributed by atoms with Gasteiger partial charge in [-0.2, -0.15) is 4.98 Å². The third kappa shape index (κ3) is 3.21. The number of hydrogen-bond donors (Lipinski definition) is 1. The number of nitro groups is 1. The van der Waals surface area contributed by atoms with E-state index in [4.69, 9.17) is 14.6 Å². The van der Waals surface area contributed by atoms with Crippen LogP contribution in [0.5, 0.6) is 17.6 Å². The van der Waals surface area contributed by atoms with Gasteiger partial charge in [0.1, 0.15) is 0 Å². The normalized spacial score (nSPS) is 9.95. The first-order valence-electron chi connectivity index (χ1n) is 5.58. The Kier molecular flexibility index (Phi) is 3.93. The smallest absolute Gasteiger partial charge is 0.335 e. The first-order valence-corrected chi connectivity index (χ1v) is 5.58. The second-order valence-electron chi connectivity index (χ2n) is 3.73. The minimum atomic E-state index is -1.23. The number of carboxylic acid groups (broad SMARTS) is 1. The van der Waals surface area contributed by atoms with Crippen LogP contribution in [0, 0.1) is 10.1 Å². The molecule has 0 atom stereocenters. The highest BCUT2D eigenvalue weighted by Gasteiger charge is 2.19. The molecule has 0 aliphatic rings. The van der Waals surface area contributed by atoms with E-state index in [9.17, 15) is 14.9 Å². The molecule has 1 N–H and O–H groups in total. The van der Waals surface area contributed by atoms with Gasteiger partial charge in [0.05, 0.1) is 17.6 Å². The van der Waals surface area contributed by atoms with Crippen LogP contribution in [0.4, 0.5) is 5.69 Å². The lowest BCUT2D eigenvalue weighted by Gasteiger charge is -2.06. The van der Waals surface area contributed by atoms with Crippen molar-refractivity contribution in [2.24, 2.45) is 0 Å². The third-order valence-corrected chi connectivity index (χ3v) is 2.42. The summed E-state index contributed by atoms with van der Waals surface area (Å²) in [7, 11) is 1.39. The molecular weight excluding hydrogens is 282 g/mol. The molecule has 9 nitrogen and oxygen atoms in total. The molecule has 0 amide bonds. The van der Waals surface area contributed by atoms with Crippen LogP contribution in [0.3, 0.4) is 0 Å². The second-order valence-corrected chi connectivity index (χ2v) is 3.73. The Hall–Kier alpha value is -3.23. The molecule has 0 aliphatic heterocycles. The Morgan fingerprint density at radius 3 is 2.76 bits per heavy atom. The van der Waals surface area contributed by atoms with Crippen molar-refractivity contribution in [3.05, 3.63) is 46.1 Å². The van der Waals surface area contributed by atoms with Crippen LogP contribution in [0.25, 0.3) is 0 Å². The molecule has 21 heavy (non-hydrogen) atoms. The van der Waals surface area contributed by atoms with E-state index in [1.807, 2.05) is 0 Å². The molecule has 0 spiro atoms. The molecule has 9 heteroatoms. The summed E-state index contributed by atoms with van der Waals surface area (Å²) in [6, 6.07) is 4.46. The van der Waals surface area contributed by atoms with Gasteiger partial charge in [0.25, 0.3) is 0 Å². The van der Waals surface area contributed by atoms with Crippen molar-refractivity contribution in [3.8, 4) is 17.6 Å². The van der Waals surface area contributed by atoms with E-state index in [2.05, 4.69) is 9.97 Å². The first kappa shape index (κ1) is 14.2. The van der Waals surface area contributed by atoms with Gasteiger partial charge in [0, 0.05) is 24.4 Å². The molecule has 0 bridgehead atoms. The number of nitro benzene ring substituents is 1. The summed E-state index contributed by atoms with van der Waals surface area (Å²) in [4.78, 5) is 28.8. The molecule has 0 unspecified atom stereocenters. The third-order valence-electron chi connectivity index (χ3n) is 2.42. The Morgan fingerprint density at radius 1 is 1.38 bits per heavy atom. The summed E-state index contributed by atoms with van der Waals surface area (Å²) in [6.07, 6.45) is 1.34. The number of methoxy groups -OCH3 is 1. The number of aromatic nitrogens is 2. The lowest BCUT2D eigenvalue weighted by molar-refractivity contribution is -0.385. The van der Waals surface area contributed by atoms with Gasteiger partial charge in [-0.15, -0.1) is 0 Å². The van der Waals surface area contributed by atoms with Gasteiger partial charge in [-0.25, -0.2) is 9.78 Å². The van der Waals surface area contributed by atoms with Gasteiger partial charge >= 0.3 is 17.7 Å². The fourth-order valence-corrected chi connectivity index (χ4v) is 1.47. The van der Waals surface area contributed by atoms with E-state index >= 15 is 0 Å². The van der Waals surface area contributed by atoms with Crippen molar-refractivity contribution < 1.29 is 24.3 Å². The molecule has 0 aliphatic carbocycles. The van der Waals surface area contributed by atoms with Crippen LogP contribution in [0.2, 0.25) is 0 Å². The summed E-state index contributed by atoms with van der Waals surface area (Å²) in [6.45, 7) is 0. The van der Waals surface area contributed by atoms with Crippen molar-refractivity contribution in [1.29, 1.82) is 0 Å². The zero-order valence-electron chi connectivity index (χ0n) is 10.7. The van der Waals surface area contributed by atoms with E-state index in [1.165, 1.54) is 19.4 Å². The zero-order valence-corrected chi connectivity index (χ0v) is 10.7. The lowest BCUT2D eigenvalue weighted by Crippen LogP contribution is -2.01. The number of carbonyl (C=O) groups is 1. The van der Waals surface area contributed by atoms with Crippen molar-refractivity contribution in [1.82, 2.24) is 9.97 Å². The van der Waals surface area contributed by atoms with Crippen molar-refractivity contribution in [3.63, 3.8) is 0 Å². The van der Waals surface area contributed by atoms with Crippen LogP contribution in [-0.2, 0) is 0 Å². The lowest BCUT2D eigenvalue weighted by atomic mass is 10.2. The highest BCUT2D eigenvalue weighted by molar-refractivity contribution is 5.88. The van der Waals surface area contributed by atoms with E-state index in [0.29, 0.717) is 0 Å². The zero-order chi connectivity index (χ0) is 15.4. The monoisotopic (exact) mass is 291 g/mol. The van der Waals surface area contributed by atoms with E-state index < -0.39 is 16.6 Å². The molecule has 0 fully saturated rings. The van der Waals surface area contributed by atoms with Gasteiger partial charge in [-0.05, 0) is 6.07 Å². The van der Waals surface area contributed by atoms with Crippen LogP contribution >= 0.6 is 0 Å². The first-order chi connectivity index (χ1) is 10.0. The van der Waals surface area contributed by atoms with Crippen LogP contribution in [0.15, 0.2) is 30.5 Å². The fraction of sp³-hybridized carbons (Fsp3) is 0.0833. The Bertz CT molecular complexity index is 703. The number of carboxylic acids is 1. The summed E-state index contributed by atoms with van der Waals surface area (Å²) in [5.74, 6) is -1.30. The van der Waals surface area contributed by atoms with Crippen molar-refractivity contribution in [2.45, 2.75) is 0 Å². The standard InChI is InChI=1S/C12H9N3O6/c1-20-10-4-5-13-12(14-10)21-9-6-7(11(16)17)2-3-8(9)15(18)19/h2-6H,1H3,(H,16,17). The number of ether oxygens (including phenoxy) is 2. The van der Waals surface area contributed by atoms with Crippen molar-refractivity contribution >= 4 is 11.7 Å². The minimum Gasteiger partial charge on any atom is -0.481 e. The number of nitrogens with zero attached hydrogens (tertiary/aromatic N) is 3. The van der Waals surface area contributed by atoms with Gasteiger partial charge < -0.3 is 14.6 Å². The van der Waals surface area contributed by atoms with E-state index in [1.54, 1.807) is 0 Å². The summed E-state index contributed by atoms with van der Waals surface area (Å²) in [5.41, 5.74) is -0.551. The Morgan fingerprint density at radius 2 is 2.14 bits per heavy atom.